The Labute approximate surface area is 240 Å². The molecule has 0 spiro atoms. The number of esters is 2. The Kier molecular flexibility index (Phi) is 17.4. The number of benzene rings is 2. The van der Waals surface area contributed by atoms with E-state index in [0.29, 0.717) is 13.2 Å². The van der Waals surface area contributed by atoms with Gasteiger partial charge in [0.1, 0.15) is 11.5 Å². The predicted octanol–water partition coefficient (Wildman–Crippen LogP) is 8.25. The van der Waals surface area contributed by atoms with Crippen LogP contribution in [0.25, 0.3) is 11.1 Å². The molecule has 0 heterocycles. The van der Waals surface area contributed by atoms with Crippen LogP contribution in [0, 0.1) is 0 Å². The fraction of sp³-hybridized carbons (Fsp3) is 0.471. The van der Waals surface area contributed by atoms with Crippen molar-refractivity contribution in [3.8, 4) is 22.6 Å². The van der Waals surface area contributed by atoms with Crippen molar-refractivity contribution in [2.75, 3.05) is 26.4 Å². The SMILES string of the molecule is C=CC(=O)OCCCCCCCCOc1ccc(-c2ccc(OCCCCCCCCOC(=O)C=C)cc2)cc1. The molecule has 0 radical (unpaired) electrons. The summed E-state index contributed by atoms with van der Waals surface area (Å²) >= 11 is 0. The molecule has 0 unspecified atom stereocenters. The Morgan fingerprint density at radius 3 is 1.10 bits per heavy atom. The van der Waals surface area contributed by atoms with Gasteiger partial charge in [0.05, 0.1) is 26.4 Å². The Hall–Kier alpha value is -3.54. The number of ether oxygens (including phenoxy) is 4. The third kappa shape index (κ3) is 15.2. The van der Waals surface area contributed by atoms with Crippen molar-refractivity contribution in [2.45, 2.75) is 77.0 Å². The lowest BCUT2D eigenvalue weighted by Crippen LogP contribution is -2.01. The summed E-state index contributed by atoms with van der Waals surface area (Å²) in [5.41, 5.74) is 2.30. The number of hydrogen-bond acceptors (Lipinski definition) is 6. The van der Waals surface area contributed by atoms with Gasteiger partial charge in [0.2, 0.25) is 0 Å². The van der Waals surface area contributed by atoms with Crippen molar-refractivity contribution in [1.82, 2.24) is 0 Å². The monoisotopic (exact) mass is 550 g/mol. The smallest absolute Gasteiger partial charge is 0.330 e. The minimum absolute atomic E-state index is 0.345. The van der Waals surface area contributed by atoms with Crippen molar-refractivity contribution >= 4 is 11.9 Å². The molecule has 6 nitrogen and oxygen atoms in total. The zero-order chi connectivity index (χ0) is 28.7. The molecule has 218 valence electrons. The van der Waals surface area contributed by atoms with E-state index >= 15 is 0 Å². The first-order chi connectivity index (χ1) is 19.6. The maximum atomic E-state index is 11.0. The van der Waals surface area contributed by atoms with Gasteiger partial charge in [-0.25, -0.2) is 9.59 Å². The number of carbonyl (C=O) groups is 2. The van der Waals surface area contributed by atoms with Crippen molar-refractivity contribution in [3.63, 3.8) is 0 Å². The summed E-state index contributed by atoms with van der Waals surface area (Å²) in [5, 5.41) is 0. The molecule has 2 rings (SSSR count). The summed E-state index contributed by atoms with van der Waals surface area (Å²) < 4.78 is 21.8. The quantitative estimate of drug-likeness (QED) is 0.0788. The highest BCUT2D eigenvalue weighted by Gasteiger charge is 2.02. The number of carbonyl (C=O) groups excluding carboxylic acids is 2. The topological polar surface area (TPSA) is 71.1 Å². The minimum Gasteiger partial charge on any atom is -0.494 e. The first kappa shape index (κ1) is 32.7. The van der Waals surface area contributed by atoms with Crippen molar-refractivity contribution in [3.05, 3.63) is 73.8 Å². The van der Waals surface area contributed by atoms with E-state index in [-0.39, 0.29) is 11.9 Å². The molecule has 40 heavy (non-hydrogen) atoms. The first-order valence-corrected chi connectivity index (χ1v) is 14.7. The lowest BCUT2D eigenvalue weighted by molar-refractivity contribution is -0.138. The third-order valence-corrected chi connectivity index (χ3v) is 6.48. The van der Waals surface area contributed by atoms with Crippen LogP contribution in [0.15, 0.2) is 73.8 Å². The van der Waals surface area contributed by atoms with Crippen LogP contribution in [0.1, 0.15) is 77.0 Å². The van der Waals surface area contributed by atoms with Crippen LogP contribution in [0.3, 0.4) is 0 Å². The highest BCUT2D eigenvalue weighted by Crippen LogP contribution is 2.25. The Bertz CT molecular complexity index is 899. The van der Waals surface area contributed by atoms with E-state index in [9.17, 15) is 9.59 Å². The summed E-state index contributed by atoms with van der Waals surface area (Å²) in [5.74, 6) is 1.09. The van der Waals surface area contributed by atoms with E-state index in [1.165, 1.54) is 12.2 Å². The third-order valence-electron chi connectivity index (χ3n) is 6.48. The summed E-state index contributed by atoms with van der Waals surface area (Å²) in [6.45, 7) is 9.16. The Morgan fingerprint density at radius 1 is 0.475 bits per heavy atom. The fourth-order valence-electron chi connectivity index (χ4n) is 4.15. The molecule has 0 saturated carbocycles. The van der Waals surface area contributed by atoms with E-state index in [0.717, 1.165) is 113 Å². The number of hydrogen-bond donors (Lipinski definition) is 0. The maximum absolute atomic E-state index is 11.0. The molecule has 0 N–H and O–H groups in total. The average Bonchev–Trinajstić information content (AvgIpc) is 2.99. The van der Waals surface area contributed by atoms with Gasteiger partial charge in [0, 0.05) is 12.2 Å². The van der Waals surface area contributed by atoms with Crippen LogP contribution in [0.4, 0.5) is 0 Å². The lowest BCUT2D eigenvalue weighted by atomic mass is 10.1. The molecule has 0 fully saturated rings. The maximum Gasteiger partial charge on any atom is 0.330 e. The second-order valence-corrected chi connectivity index (χ2v) is 9.73. The van der Waals surface area contributed by atoms with Gasteiger partial charge in [-0.05, 0) is 61.1 Å². The molecular weight excluding hydrogens is 504 g/mol. The van der Waals surface area contributed by atoms with Crippen LogP contribution in [0.2, 0.25) is 0 Å². The molecule has 2 aromatic rings. The van der Waals surface area contributed by atoms with Crippen molar-refractivity contribution in [2.24, 2.45) is 0 Å². The minimum atomic E-state index is -0.345. The fourth-order valence-corrected chi connectivity index (χ4v) is 4.15. The molecule has 0 atom stereocenters. The highest BCUT2D eigenvalue weighted by atomic mass is 16.5. The van der Waals surface area contributed by atoms with Gasteiger partial charge >= 0.3 is 11.9 Å². The first-order valence-electron chi connectivity index (χ1n) is 14.7. The predicted molar refractivity (Wildman–Crippen MR) is 161 cm³/mol. The van der Waals surface area contributed by atoms with Crippen molar-refractivity contribution in [1.29, 1.82) is 0 Å². The highest BCUT2D eigenvalue weighted by molar-refractivity contribution is 5.81. The Balaban J connectivity index is 1.51. The number of unbranched alkanes of at least 4 members (excludes halogenated alkanes) is 10. The summed E-state index contributed by atoms with van der Waals surface area (Å²) in [6.07, 6.45) is 15.3. The van der Waals surface area contributed by atoms with Gasteiger partial charge in [-0.1, -0.05) is 88.8 Å². The largest absolute Gasteiger partial charge is 0.494 e. The van der Waals surface area contributed by atoms with Crippen LogP contribution in [-0.4, -0.2) is 38.4 Å². The van der Waals surface area contributed by atoms with E-state index in [1.807, 2.05) is 24.3 Å². The van der Waals surface area contributed by atoms with Crippen LogP contribution < -0.4 is 9.47 Å². The molecular formula is C34H46O6. The van der Waals surface area contributed by atoms with Gasteiger partial charge < -0.3 is 18.9 Å². The second kappa shape index (κ2) is 21.3. The standard InChI is InChI=1S/C34H46O6/c1-3-33(35)39-27-15-11-7-5-9-13-25-37-31-21-17-29(18-22-31)30-19-23-32(24-20-30)38-26-14-10-6-8-12-16-28-40-34(36)4-2/h3-4,17-24H,1-2,5-16,25-28H2. The van der Waals surface area contributed by atoms with Gasteiger partial charge in [0.15, 0.2) is 0 Å². The normalized spacial score (nSPS) is 10.5. The van der Waals surface area contributed by atoms with Crippen LogP contribution in [-0.2, 0) is 19.1 Å². The Morgan fingerprint density at radius 2 is 0.775 bits per heavy atom. The van der Waals surface area contributed by atoms with Crippen LogP contribution in [0.5, 0.6) is 11.5 Å². The van der Waals surface area contributed by atoms with Gasteiger partial charge in [0.25, 0.3) is 0 Å². The summed E-state index contributed by atoms with van der Waals surface area (Å²) in [4.78, 5) is 21.9. The van der Waals surface area contributed by atoms with Gasteiger partial charge in [-0.2, -0.15) is 0 Å². The summed E-state index contributed by atoms with van der Waals surface area (Å²) in [7, 11) is 0. The molecule has 0 saturated heterocycles. The molecule has 2 aromatic carbocycles. The molecule has 6 heteroatoms. The second-order valence-electron chi connectivity index (χ2n) is 9.73. The van der Waals surface area contributed by atoms with Crippen molar-refractivity contribution < 1.29 is 28.5 Å². The number of rotatable bonds is 23. The zero-order valence-electron chi connectivity index (χ0n) is 24.0. The van der Waals surface area contributed by atoms with Gasteiger partial charge in [-0.15, -0.1) is 0 Å². The van der Waals surface area contributed by atoms with E-state index < -0.39 is 0 Å². The van der Waals surface area contributed by atoms with Crippen LogP contribution >= 0.6 is 0 Å². The molecule has 0 aromatic heterocycles. The van der Waals surface area contributed by atoms with E-state index in [4.69, 9.17) is 18.9 Å². The summed E-state index contributed by atoms with van der Waals surface area (Å²) in [6, 6.07) is 16.5. The van der Waals surface area contributed by atoms with Gasteiger partial charge in [-0.3, -0.25) is 0 Å². The van der Waals surface area contributed by atoms with E-state index in [2.05, 4.69) is 37.4 Å². The van der Waals surface area contributed by atoms with E-state index in [1.54, 1.807) is 0 Å². The molecule has 0 bridgehead atoms. The molecule has 0 aliphatic heterocycles. The molecule has 0 amide bonds. The lowest BCUT2D eigenvalue weighted by Gasteiger charge is -2.09. The average molecular weight is 551 g/mol. The molecule has 0 aliphatic rings. The zero-order valence-corrected chi connectivity index (χ0v) is 24.0. The molecule has 0 aliphatic carbocycles.